The van der Waals surface area contributed by atoms with Gasteiger partial charge in [0.15, 0.2) is 0 Å². The molecule has 1 N–H and O–H groups in total. The van der Waals surface area contributed by atoms with Crippen LogP contribution in [-0.4, -0.2) is 28.2 Å². The Morgan fingerprint density at radius 3 is 3.05 bits per heavy atom. The van der Waals surface area contributed by atoms with Crippen molar-refractivity contribution in [3.8, 4) is 11.5 Å². The van der Waals surface area contributed by atoms with Crippen LogP contribution in [0.1, 0.15) is 12.3 Å². The molecular formula is C12H12Br2N4O. The average Bonchev–Trinajstić information content (AvgIpc) is 3.01. The van der Waals surface area contributed by atoms with E-state index in [0.717, 1.165) is 34.9 Å². The molecule has 2 aromatic rings. The Hall–Kier alpha value is -0.790. The maximum absolute atomic E-state index is 5.30. The molecule has 0 bridgehead atoms. The van der Waals surface area contributed by atoms with Crippen molar-refractivity contribution < 1.29 is 4.52 Å². The second-order valence-electron chi connectivity index (χ2n) is 4.56. The van der Waals surface area contributed by atoms with Crippen LogP contribution in [-0.2, 0) is 6.42 Å². The summed E-state index contributed by atoms with van der Waals surface area (Å²) in [6.45, 7) is 2.10. The minimum atomic E-state index is 0.528. The van der Waals surface area contributed by atoms with Crippen molar-refractivity contribution in [3.63, 3.8) is 0 Å². The first-order valence-corrected chi connectivity index (χ1v) is 7.65. The van der Waals surface area contributed by atoms with Crippen molar-refractivity contribution in [1.82, 2.24) is 20.4 Å². The van der Waals surface area contributed by atoms with E-state index in [1.807, 2.05) is 6.07 Å². The molecule has 1 atom stereocenters. The van der Waals surface area contributed by atoms with E-state index in [1.165, 1.54) is 0 Å². The number of halogens is 2. The number of aromatic nitrogens is 3. The third kappa shape index (κ3) is 3.04. The van der Waals surface area contributed by atoms with E-state index >= 15 is 0 Å². The standard InChI is InChI=1S/C12H12Br2N4O/c13-8-4-9(14)11(16-6-8)12-17-10(19-18-12)3-7-1-2-15-5-7/h4,6-7,15H,1-3,5H2. The lowest BCUT2D eigenvalue weighted by Gasteiger charge is -2.02. The van der Waals surface area contributed by atoms with Gasteiger partial charge in [-0.1, -0.05) is 5.16 Å². The highest BCUT2D eigenvalue weighted by Crippen LogP contribution is 2.27. The smallest absolute Gasteiger partial charge is 0.227 e. The first-order chi connectivity index (χ1) is 9.22. The molecule has 3 heterocycles. The third-order valence-corrected chi connectivity index (χ3v) is 4.15. The topological polar surface area (TPSA) is 63.8 Å². The highest BCUT2D eigenvalue weighted by molar-refractivity contribution is 9.11. The highest BCUT2D eigenvalue weighted by atomic mass is 79.9. The molecule has 0 amide bonds. The van der Waals surface area contributed by atoms with Gasteiger partial charge in [0, 0.05) is 21.6 Å². The average molecular weight is 388 g/mol. The number of rotatable bonds is 3. The molecule has 0 radical (unpaired) electrons. The SMILES string of the molecule is Brc1cnc(-c2noc(CC3CCNC3)n2)c(Br)c1. The fourth-order valence-electron chi connectivity index (χ4n) is 2.15. The Balaban J connectivity index is 1.80. The second kappa shape index (κ2) is 5.68. The zero-order valence-corrected chi connectivity index (χ0v) is 13.2. The lowest BCUT2D eigenvalue weighted by atomic mass is 10.1. The maximum Gasteiger partial charge on any atom is 0.227 e. The second-order valence-corrected chi connectivity index (χ2v) is 6.33. The summed E-state index contributed by atoms with van der Waals surface area (Å²) < 4.78 is 7.06. The summed E-state index contributed by atoms with van der Waals surface area (Å²) in [6.07, 6.45) is 3.71. The molecule has 19 heavy (non-hydrogen) atoms. The Labute approximate surface area is 127 Å². The fraction of sp³-hybridized carbons (Fsp3) is 0.417. The monoisotopic (exact) mass is 386 g/mol. The molecule has 0 aromatic carbocycles. The quantitative estimate of drug-likeness (QED) is 0.877. The molecule has 1 unspecified atom stereocenters. The molecule has 3 rings (SSSR count). The van der Waals surface area contributed by atoms with E-state index in [9.17, 15) is 0 Å². The van der Waals surface area contributed by atoms with E-state index < -0.39 is 0 Å². The summed E-state index contributed by atoms with van der Waals surface area (Å²) in [5.41, 5.74) is 0.697. The van der Waals surface area contributed by atoms with Crippen LogP contribution in [0.25, 0.3) is 11.5 Å². The number of nitrogens with one attached hydrogen (secondary N) is 1. The fourth-order valence-corrected chi connectivity index (χ4v) is 3.31. The molecule has 100 valence electrons. The van der Waals surface area contributed by atoms with Gasteiger partial charge >= 0.3 is 0 Å². The van der Waals surface area contributed by atoms with Crippen molar-refractivity contribution in [2.45, 2.75) is 12.8 Å². The van der Waals surface area contributed by atoms with Gasteiger partial charge in [-0.15, -0.1) is 0 Å². The molecule has 0 spiro atoms. The molecule has 1 fully saturated rings. The van der Waals surface area contributed by atoms with E-state index in [4.69, 9.17) is 4.52 Å². The van der Waals surface area contributed by atoms with Crippen LogP contribution in [0.3, 0.4) is 0 Å². The van der Waals surface area contributed by atoms with Crippen LogP contribution >= 0.6 is 31.9 Å². The van der Waals surface area contributed by atoms with E-state index in [0.29, 0.717) is 23.3 Å². The van der Waals surface area contributed by atoms with Gasteiger partial charge in [-0.2, -0.15) is 4.98 Å². The van der Waals surface area contributed by atoms with Crippen LogP contribution in [0.4, 0.5) is 0 Å². The Bertz CT molecular complexity index is 581. The summed E-state index contributed by atoms with van der Waals surface area (Å²) in [6, 6.07) is 1.92. The first-order valence-electron chi connectivity index (χ1n) is 6.07. The maximum atomic E-state index is 5.30. The van der Waals surface area contributed by atoms with Gasteiger partial charge in [-0.3, -0.25) is 4.98 Å². The summed E-state index contributed by atoms with van der Waals surface area (Å²) in [7, 11) is 0. The van der Waals surface area contributed by atoms with Gasteiger partial charge in [-0.25, -0.2) is 0 Å². The predicted octanol–water partition coefficient (Wildman–Crippen LogP) is 2.81. The van der Waals surface area contributed by atoms with Crippen LogP contribution in [0.2, 0.25) is 0 Å². The van der Waals surface area contributed by atoms with Gasteiger partial charge in [0.25, 0.3) is 0 Å². The van der Waals surface area contributed by atoms with Gasteiger partial charge in [-0.05, 0) is 63.4 Å². The summed E-state index contributed by atoms with van der Waals surface area (Å²) in [4.78, 5) is 8.72. The Morgan fingerprint density at radius 2 is 2.32 bits per heavy atom. The third-order valence-electron chi connectivity index (χ3n) is 3.11. The van der Waals surface area contributed by atoms with E-state index in [2.05, 4.69) is 52.3 Å². The first kappa shape index (κ1) is 13.2. The largest absolute Gasteiger partial charge is 0.339 e. The van der Waals surface area contributed by atoms with E-state index in [1.54, 1.807) is 6.20 Å². The normalized spacial score (nSPS) is 18.9. The summed E-state index contributed by atoms with van der Waals surface area (Å²) in [5, 5.41) is 7.34. The number of pyridine rings is 1. The van der Waals surface area contributed by atoms with Gasteiger partial charge < -0.3 is 9.84 Å². The molecule has 1 aliphatic heterocycles. The van der Waals surface area contributed by atoms with Gasteiger partial charge in [0.2, 0.25) is 11.7 Å². The number of hydrogen-bond donors (Lipinski definition) is 1. The molecule has 0 aliphatic carbocycles. The molecule has 7 heteroatoms. The van der Waals surface area contributed by atoms with Crippen molar-refractivity contribution in [3.05, 3.63) is 27.1 Å². The minimum absolute atomic E-state index is 0.528. The van der Waals surface area contributed by atoms with Crippen LogP contribution in [0.15, 0.2) is 25.7 Å². The van der Waals surface area contributed by atoms with Crippen molar-refractivity contribution >= 4 is 31.9 Å². The molecular weight excluding hydrogens is 376 g/mol. The van der Waals surface area contributed by atoms with Crippen molar-refractivity contribution in [2.75, 3.05) is 13.1 Å². The Kier molecular flexibility index (Phi) is 3.95. The Morgan fingerprint density at radius 1 is 1.42 bits per heavy atom. The molecule has 1 saturated heterocycles. The molecule has 2 aromatic heterocycles. The number of nitrogens with zero attached hydrogens (tertiary/aromatic N) is 3. The van der Waals surface area contributed by atoms with Crippen LogP contribution in [0, 0.1) is 5.92 Å². The molecule has 5 nitrogen and oxygen atoms in total. The lowest BCUT2D eigenvalue weighted by Crippen LogP contribution is -2.10. The minimum Gasteiger partial charge on any atom is -0.339 e. The van der Waals surface area contributed by atoms with Gasteiger partial charge in [0.1, 0.15) is 5.69 Å². The van der Waals surface area contributed by atoms with Gasteiger partial charge in [0.05, 0.1) is 0 Å². The van der Waals surface area contributed by atoms with Crippen molar-refractivity contribution in [1.29, 1.82) is 0 Å². The van der Waals surface area contributed by atoms with Crippen molar-refractivity contribution in [2.24, 2.45) is 5.92 Å². The summed E-state index contributed by atoms with van der Waals surface area (Å²) in [5.74, 6) is 1.80. The predicted molar refractivity (Wildman–Crippen MR) is 77.6 cm³/mol. The van der Waals surface area contributed by atoms with Crippen LogP contribution < -0.4 is 5.32 Å². The van der Waals surface area contributed by atoms with Crippen LogP contribution in [0.5, 0.6) is 0 Å². The molecule has 0 saturated carbocycles. The highest BCUT2D eigenvalue weighted by Gasteiger charge is 2.19. The zero-order valence-electron chi connectivity index (χ0n) is 10.1. The summed E-state index contributed by atoms with van der Waals surface area (Å²) >= 11 is 6.83. The molecule has 1 aliphatic rings. The number of hydrogen-bond acceptors (Lipinski definition) is 5. The lowest BCUT2D eigenvalue weighted by molar-refractivity contribution is 0.358. The van der Waals surface area contributed by atoms with E-state index in [-0.39, 0.29) is 0 Å². The zero-order chi connectivity index (χ0) is 13.2.